The third kappa shape index (κ3) is 13.0. The van der Waals surface area contributed by atoms with Crippen molar-refractivity contribution in [1.82, 2.24) is 9.80 Å². The van der Waals surface area contributed by atoms with E-state index in [9.17, 15) is 13.2 Å². The molecule has 28 heavy (non-hydrogen) atoms. The average molecular weight is 411 g/mol. The van der Waals surface area contributed by atoms with Crippen LogP contribution in [0.15, 0.2) is 0 Å². The smallest absolute Gasteiger partial charge is 0.229 e. The van der Waals surface area contributed by atoms with Gasteiger partial charge in [-0.3, -0.25) is 9.80 Å². The molecule has 1 heterocycles. The second kappa shape index (κ2) is 16.5. The number of ether oxygens (including phenoxy) is 1. The molecule has 0 bridgehead atoms. The Morgan fingerprint density at radius 3 is 2.00 bits per heavy atom. The fourth-order valence-electron chi connectivity index (χ4n) is 3.63. The summed E-state index contributed by atoms with van der Waals surface area (Å²) in [5, 5.41) is 0. The summed E-state index contributed by atoms with van der Waals surface area (Å²) in [7, 11) is 0. The van der Waals surface area contributed by atoms with E-state index in [4.69, 9.17) is 4.74 Å². The molecule has 0 N–H and O–H groups in total. The molecule has 6 heteroatoms. The summed E-state index contributed by atoms with van der Waals surface area (Å²) in [5.41, 5.74) is 0. The van der Waals surface area contributed by atoms with Gasteiger partial charge in [-0.2, -0.15) is 0 Å². The van der Waals surface area contributed by atoms with Crippen LogP contribution in [0.1, 0.15) is 80.1 Å². The lowest BCUT2D eigenvalue weighted by Crippen LogP contribution is -2.53. The van der Waals surface area contributed by atoms with Crippen molar-refractivity contribution in [2.45, 2.75) is 105 Å². The zero-order valence-corrected chi connectivity index (χ0v) is 19.1. The summed E-state index contributed by atoms with van der Waals surface area (Å²) in [4.78, 5) is 4.19. The molecule has 1 aliphatic carbocycles. The number of halogens is 3. The Labute approximate surface area is 172 Å². The number of hydrogen-bond donors (Lipinski definition) is 0. The van der Waals surface area contributed by atoms with Gasteiger partial charge in [0.15, 0.2) is 6.30 Å². The van der Waals surface area contributed by atoms with Crippen LogP contribution in [0.25, 0.3) is 0 Å². The highest BCUT2D eigenvalue weighted by Crippen LogP contribution is 2.26. The maximum atomic E-state index is 13.7. The Kier molecular flexibility index (Phi) is 16.3. The van der Waals surface area contributed by atoms with Crippen LogP contribution in [0.2, 0.25) is 0 Å². The number of rotatable bonds is 6. The fourth-order valence-corrected chi connectivity index (χ4v) is 3.63. The molecule has 1 saturated heterocycles. The molecule has 0 aromatic rings. The van der Waals surface area contributed by atoms with Crippen molar-refractivity contribution >= 4 is 0 Å². The van der Waals surface area contributed by atoms with E-state index in [1.807, 2.05) is 4.90 Å². The molecule has 0 amide bonds. The Morgan fingerprint density at radius 1 is 1.00 bits per heavy atom. The van der Waals surface area contributed by atoms with E-state index in [1.165, 1.54) is 25.7 Å². The van der Waals surface area contributed by atoms with Crippen molar-refractivity contribution in [1.29, 1.82) is 0 Å². The quantitative estimate of drug-likeness (QED) is 0.501. The molecule has 0 radical (unpaired) electrons. The number of hydrogen-bond acceptors (Lipinski definition) is 3. The van der Waals surface area contributed by atoms with Gasteiger partial charge in [0.2, 0.25) is 6.93 Å². The van der Waals surface area contributed by atoms with Gasteiger partial charge in [0, 0.05) is 32.2 Å². The van der Waals surface area contributed by atoms with E-state index < -0.39 is 13.2 Å². The number of unbranched alkanes of at least 4 members (excludes halogenated alkanes) is 1. The van der Waals surface area contributed by atoms with Crippen LogP contribution in [-0.2, 0) is 4.74 Å². The van der Waals surface area contributed by atoms with E-state index in [0.717, 1.165) is 38.4 Å². The average Bonchev–Trinajstić information content (AvgIpc) is 2.63. The van der Waals surface area contributed by atoms with Crippen molar-refractivity contribution in [2.24, 2.45) is 5.92 Å². The van der Waals surface area contributed by atoms with Crippen LogP contribution >= 0.6 is 0 Å². The van der Waals surface area contributed by atoms with Crippen molar-refractivity contribution in [3.05, 3.63) is 0 Å². The summed E-state index contributed by atoms with van der Waals surface area (Å²) in [6.45, 7) is 14.7. The van der Waals surface area contributed by atoms with Gasteiger partial charge >= 0.3 is 0 Å². The Morgan fingerprint density at radius 2 is 1.57 bits per heavy atom. The summed E-state index contributed by atoms with van der Waals surface area (Å²) >= 11 is 0. The van der Waals surface area contributed by atoms with Crippen molar-refractivity contribution in [3.63, 3.8) is 0 Å². The first-order valence-corrected chi connectivity index (χ1v) is 11.1. The van der Waals surface area contributed by atoms with Crippen LogP contribution in [-0.4, -0.2) is 67.5 Å². The minimum absolute atomic E-state index is 0.411. The van der Waals surface area contributed by atoms with Crippen molar-refractivity contribution < 1.29 is 17.9 Å². The first kappa shape index (κ1) is 27.7. The third-order valence-corrected chi connectivity index (χ3v) is 5.41. The lowest BCUT2D eigenvalue weighted by Gasteiger charge is -2.39. The standard InChI is InChI=1S/C11H23FN2.C10H20O.CH2F2/c1-4-5-6-13-7-8-14(10(2)3)9-11(13)12;1-8(2)11-10-6-4-9(3)5-7-10;2-1-3/h10-11H,4-9H2,1-3H3;8-10H,4-7H2,1-3H3;1H2. The lowest BCUT2D eigenvalue weighted by atomic mass is 9.89. The van der Waals surface area contributed by atoms with Gasteiger partial charge in [0.05, 0.1) is 12.2 Å². The first-order chi connectivity index (χ1) is 13.2. The molecule has 2 rings (SSSR count). The molecule has 3 nitrogen and oxygen atoms in total. The van der Waals surface area contributed by atoms with Crippen LogP contribution in [0.5, 0.6) is 0 Å². The SMILES string of the molecule is CC1CCC(OC(C)C)CC1.CCCCN1CCN(C(C)C)CC1F.FCF. The molecule has 2 fully saturated rings. The monoisotopic (exact) mass is 410 g/mol. The number of alkyl halides is 3. The van der Waals surface area contributed by atoms with Gasteiger partial charge in [-0.15, -0.1) is 0 Å². The number of nitrogens with zero attached hydrogens (tertiary/aromatic N) is 2. The highest BCUT2D eigenvalue weighted by Gasteiger charge is 2.27. The molecule has 1 aliphatic heterocycles. The summed E-state index contributed by atoms with van der Waals surface area (Å²) in [6, 6.07) is 0.474. The van der Waals surface area contributed by atoms with E-state index in [1.54, 1.807) is 0 Å². The Bertz CT molecular complexity index is 351. The summed E-state index contributed by atoms with van der Waals surface area (Å²) in [5.74, 6) is 0.932. The highest BCUT2D eigenvalue weighted by molar-refractivity contribution is 4.77. The second-order valence-electron chi connectivity index (χ2n) is 8.58. The van der Waals surface area contributed by atoms with E-state index >= 15 is 0 Å². The molecule has 170 valence electrons. The molecular weight excluding hydrogens is 365 g/mol. The van der Waals surface area contributed by atoms with E-state index in [2.05, 4.69) is 46.4 Å². The lowest BCUT2D eigenvalue weighted by molar-refractivity contribution is -0.0183. The largest absolute Gasteiger partial charge is 0.376 e. The van der Waals surface area contributed by atoms with Crippen LogP contribution in [0.3, 0.4) is 0 Å². The topological polar surface area (TPSA) is 15.7 Å². The van der Waals surface area contributed by atoms with Crippen LogP contribution in [0.4, 0.5) is 13.2 Å². The van der Waals surface area contributed by atoms with Crippen molar-refractivity contribution in [3.8, 4) is 0 Å². The van der Waals surface area contributed by atoms with Crippen LogP contribution < -0.4 is 0 Å². The molecule has 1 unspecified atom stereocenters. The summed E-state index contributed by atoms with van der Waals surface area (Å²) in [6.07, 6.45) is 7.75. The molecule has 1 saturated carbocycles. The van der Waals surface area contributed by atoms with Gasteiger partial charge in [-0.1, -0.05) is 20.3 Å². The normalized spacial score (nSPS) is 26.5. The molecular formula is C22H45F3N2O. The molecule has 0 spiro atoms. The third-order valence-electron chi connectivity index (χ3n) is 5.41. The molecule has 2 aliphatic rings. The zero-order chi connectivity index (χ0) is 21.5. The first-order valence-electron chi connectivity index (χ1n) is 11.1. The van der Waals surface area contributed by atoms with E-state index in [-0.39, 0.29) is 0 Å². The minimum atomic E-state index is -1.75. The maximum Gasteiger partial charge on any atom is 0.229 e. The Balaban J connectivity index is 0.000000466. The van der Waals surface area contributed by atoms with Gasteiger partial charge in [-0.05, 0) is 65.7 Å². The predicted octanol–water partition coefficient (Wildman–Crippen LogP) is 5.98. The van der Waals surface area contributed by atoms with Gasteiger partial charge in [0.25, 0.3) is 0 Å². The summed E-state index contributed by atoms with van der Waals surface area (Å²) < 4.78 is 38.7. The Hall–Kier alpha value is -0.330. The van der Waals surface area contributed by atoms with Gasteiger partial charge in [-0.25, -0.2) is 13.2 Å². The molecule has 0 aromatic carbocycles. The van der Waals surface area contributed by atoms with Gasteiger partial charge < -0.3 is 4.74 Å². The van der Waals surface area contributed by atoms with E-state index in [0.29, 0.717) is 24.8 Å². The van der Waals surface area contributed by atoms with Crippen LogP contribution in [0, 0.1) is 5.92 Å². The maximum absolute atomic E-state index is 13.7. The zero-order valence-electron chi connectivity index (χ0n) is 19.1. The number of piperazine rings is 1. The molecule has 0 aromatic heterocycles. The highest BCUT2D eigenvalue weighted by atomic mass is 19.3. The minimum Gasteiger partial charge on any atom is -0.376 e. The predicted molar refractivity (Wildman–Crippen MR) is 113 cm³/mol. The fraction of sp³-hybridized carbons (Fsp3) is 1.00. The molecule has 1 atom stereocenters. The van der Waals surface area contributed by atoms with Gasteiger partial charge in [0.1, 0.15) is 0 Å². The van der Waals surface area contributed by atoms with Crippen molar-refractivity contribution in [2.75, 3.05) is 33.1 Å². The second-order valence-corrected chi connectivity index (χ2v) is 8.58.